The van der Waals surface area contributed by atoms with Crippen LogP contribution in [0.3, 0.4) is 0 Å². The van der Waals surface area contributed by atoms with Gasteiger partial charge in [-0.25, -0.2) is 4.98 Å². The first-order chi connectivity index (χ1) is 16.2. The molecule has 5 aromatic rings. The van der Waals surface area contributed by atoms with Crippen LogP contribution in [-0.4, -0.2) is 36.3 Å². The maximum Gasteiger partial charge on any atom is 0.280 e. The Hall–Kier alpha value is -3.33. The van der Waals surface area contributed by atoms with Crippen LogP contribution in [-0.2, 0) is 11.3 Å². The van der Waals surface area contributed by atoms with Gasteiger partial charge >= 0.3 is 0 Å². The van der Waals surface area contributed by atoms with E-state index in [4.69, 9.17) is 14.5 Å². The molecule has 0 spiro atoms. The normalized spacial score (nSPS) is 12.0. The lowest BCUT2D eigenvalue weighted by molar-refractivity contribution is 0.0999. The van der Waals surface area contributed by atoms with Gasteiger partial charge in [-0.3, -0.25) is 4.79 Å². The van der Waals surface area contributed by atoms with Crippen LogP contribution >= 0.6 is 22.7 Å². The number of fused-ring (bicyclic) bond motifs is 2. The van der Waals surface area contributed by atoms with Gasteiger partial charge in [-0.15, -0.1) is 11.3 Å². The predicted octanol–water partition coefficient (Wildman–Crippen LogP) is 5.38. The van der Waals surface area contributed by atoms with Crippen LogP contribution in [0, 0.1) is 0 Å². The molecular weight excluding hydrogens is 454 g/mol. The van der Waals surface area contributed by atoms with E-state index in [0.717, 1.165) is 37.4 Å². The highest BCUT2D eigenvalue weighted by Crippen LogP contribution is 2.28. The van der Waals surface area contributed by atoms with Gasteiger partial charge < -0.3 is 14.0 Å². The first-order valence-corrected chi connectivity index (χ1v) is 12.1. The number of hydrogen-bond donors (Lipinski definition) is 0. The van der Waals surface area contributed by atoms with E-state index in [1.54, 1.807) is 25.6 Å². The van der Waals surface area contributed by atoms with Crippen molar-refractivity contribution in [2.45, 2.75) is 6.54 Å². The molecule has 3 aromatic heterocycles. The average molecular weight is 476 g/mol. The maximum atomic E-state index is 13.5. The Morgan fingerprint density at radius 1 is 1.09 bits per heavy atom. The zero-order chi connectivity index (χ0) is 22.8. The van der Waals surface area contributed by atoms with Crippen LogP contribution in [0.1, 0.15) is 10.4 Å². The van der Waals surface area contributed by atoms with Crippen molar-refractivity contribution in [2.75, 3.05) is 20.8 Å². The van der Waals surface area contributed by atoms with Crippen molar-refractivity contribution in [1.29, 1.82) is 0 Å². The number of methoxy groups -OCH3 is 2. The molecule has 33 heavy (non-hydrogen) atoms. The first-order valence-electron chi connectivity index (χ1n) is 10.4. The van der Waals surface area contributed by atoms with Crippen molar-refractivity contribution >= 4 is 49.7 Å². The fourth-order valence-electron chi connectivity index (χ4n) is 3.71. The monoisotopic (exact) mass is 475 g/mol. The predicted molar refractivity (Wildman–Crippen MR) is 133 cm³/mol. The van der Waals surface area contributed by atoms with E-state index in [0.29, 0.717) is 23.5 Å². The molecule has 0 N–H and O–H groups in total. The van der Waals surface area contributed by atoms with Crippen molar-refractivity contribution in [3.63, 3.8) is 0 Å². The summed E-state index contributed by atoms with van der Waals surface area (Å²) in [6.07, 6.45) is 0. The lowest BCUT2D eigenvalue weighted by Gasteiger charge is -2.07. The fraction of sp³-hybridized carbons (Fsp3) is 0.160. The lowest BCUT2D eigenvalue weighted by Crippen LogP contribution is -2.19. The van der Waals surface area contributed by atoms with Crippen LogP contribution < -0.4 is 9.54 Å². The Morgan fingerprint density at radius 3 is 2.76 bits per heavy atom. The minimum atomic E-state index is -0.295. The van der Waals surface area contributed by atoms with Crippen LogP contribution in [0.25, 0.3) is 31.7 Å². The largest absolute Gasteiger partial charge is 0.497 e. The van der Waals surface area contributed by atoms with Crippen LogP contribution in [0.2, 0.25) is 0 Å². The zero-order valence-electron chi connectivity index (χ0n) is 18.1. The quantitative estimate of drug-likeness (QED) is 0.331. The molecule has 3 heterocycles. The van der Waals surface area contributed by atoms with E-state index in [-0.39, 0.29) is 5.91 Å². The van der Waals surface area contributed by atoms with Gasteiger partial charge in [0, 0.05) is 19.0 Å². The van der Waals surface area contributed by atoms with Gasteiger partial charge in [0.2, 0.25) is 0 Å². The molecule has 0 unspecified atom stereocenters. The van der Waals surface area contributed by atoms with Gasteiger partial charge in [-0.05, 0) is 41.8 Å². The summed E-state index contributed by atoms with van der Waals surface area (Å²) in [6, 6.07) is 19.4. The van der Waals surface area contributed by atoms with Crippen LogP contribution in [0.5, 0.6) is 5.75 Å². The highest BCUT2D eigenvalue weighted by atomic mass is 32.1. The number of nitrogens with zero attached hydrogens (tertiary/aromatic N) is 3. The summed E-state index contributed by atoms with van der Waals surface area (Å²) >= 11 is 3.06. The second kappa shape index (κ2) is 9.27. The lowest BCUT2D eigenvalue weighted by atomic mass is 10.1. The number of benzene rings is 2. The molecule has 0 aliphatic heterocycles. The Balaban J connectivity index is 1.68. The van der Waals surface area contributed by atoms with Crippen molar-refractivity contribution in [3.05, 3.63) is 76.4 Å². The van der Waals surface area contributed by atoms with Gasteiger partial charge in [0.25, 0.3) is 5.91 Å². The third-order valence-corrected chi connectivity index (χ3v) is 7.26. The van der Waals surface area contributed by atoms with Crippen molar-refractivity contribution in [2.24, 2.45) is 4.99 Å². The molecule has 5 rings (SSSR count). The number of thiophene rings is 1. The Labute approximate surface area is 198 Å². The summed E-state index contributed by atoms with van der Waals surface area (Å²) in [5.41, 5.74) is 3.08. The zero-order valence-corrected chi connectivity index (χ0v) is 19.8. The van der Waals surface area contributed by atoms with E-state index in [1.807, 2.05) is 70.6 Å². The molecule has 0 saturated heterocycles. The summed E-state index contributed by atoms with van der Waals surface area (Å²) in [6.45, 7) is 1.10. The fourth-order valence-corrected chi connectivity index (χ4v) is 5.48. The summed E-state index contributed by atoms with van der Waals surface area (Å²) in [5, 5.41) is 2.79. The van der Waals surface area contributed by atoms with E-state index in [1.165, 1.54) is 11.3 Å². The first kappa shape index (κ1) is 21.5. The second-order valence-electron chi connectivity index (χ2n) is 7.33. The summed E-state index contributed by atoms with van der Waals surface area (Å²) in [5.74, 6) is 0.470. The number of aromatic nitrogens is 2. The second-order valence-corrected chi connectivity index (χ2v) is 9.29. The Kier molecular flexibility index (Phi) is 6.04. The minimum absolute atomic E-state index is 0.295. The molecule has 0 aliphatic rings. The molecule has 1 amide bonds. The molecule has 6 nitrogen and oxygen atoms in total. The average Bonchev–Trinajstić information content (AvgIpc) is 3.49. The number of carbonyl (C=O) groups is 1. The molecule has 166 valence electrons. The molecule has 0 saturated carbocycles. The molecule has 2 aromatic carbocycles. The molecule has 0 bridgehead atoms. The summed E-state index contributed by atoms with van der Waals surface area (Å²) < 4.78 is 13.7. The van der Waals surface area contributed by atoms with Gasteiger partial charge in [0.1, 0.15) is 5.75 Å². The van der Waals surface area contributed by atoms with Gasteiger partial charge in [-0.1, -0.05) is 35.6 Å². The highest BCUT2D eigenvalue weighted by Gasteiger charge is 2.15. The topological polar surface area (TPSA) is 65.7 Å². The van der Waals surface area contributed by atoms with E-state index < -0.39 is 0 Å². The number of carbonyl (C=O) groups excluding carboxylic acids is 1. The number of para-hydroxylation sites is 1. The number of amides is 1. The number of thiazole rings is 1. The highest BCUT2D eigenvalue weighted by molar-refractivity contribution is 7.16. The van der Waals surface area contributed by atoms with Crippen LogP contribution in [0.4, 0.5) is 0 Å². The number of rotatable bonds is 6. The van der Waals surface area contributed by atoms with E-state index in [2.05, 4.69) is 4.99 Å². The maximum absolute atomic E-state index is 13.5. The Bertz CT molecular complexity index is 1520. The van der Waals surface area contributed by atoms with Crippen molar-refractivity contribution in [1.82, 2.24) is 9.55 Å². The minimum Gasteiger partial charge on any atom is -0.497 e. The number of hydrogen-bond acceptors (Lipinski definition) is 6. The molecule has 0 fully saturated rings. The van der Waals surface area contributed by atoms with E-state index >= 15 is 0 Å². The smallest absolute Gasteiger partial charge is 0.280 e. The van der Waals surface area contributed by atoms with Gasteiger partial charge in [-0.2, -0.15) is 4.99 Å². The molecule has 0 aliphatic carbocycles. The van der Waals surface area contributed by atoms with Crippen molar-refractivity contribution in [3.8, 4) is 16.3 Å². The van der Waals surface area contributed by atoms with E-state index in [9.17, 15) is 4.79 Å². The Morgan fingerprint density at radius 2 is 1.97 bits per heavy atom. The summed E-state index contributed by atoms with van der Waals surface area (Å²) in [4.78, 5) is 24.5. The third kappa shape index (κ3) is 4.20. The SMILES string of the molecule is COCCn1c(=NC(=O)c2cc(-c3cccs3)nc3ccccc23)sc2cc(OC)ccc21. The number of pyridine rings is 1. The standard InChI is InChI=1S/C25H21N3O3S2/c1-30-12-11-28-21-10-9-16(31-2)14-23(21)33-25(28)27-24(29)18-15-20(22-8-5-13-32-22)26-19-7-4-3-6-17(18)19/h3-10,13-15H,11-12H2,1-2H3. The molecular formula is C25H21N3O3S2. The van der Waals surface area contributed by atoms with Gasteiger partial charge in [0.05, 0.1) is 45.6 Å². The molecule has 0 radical (unpaired) electrons. The molecule has 0 atom stereocenters. The summed E-state index contributed by atoms with van der Waals surface area (Å²) in [7, 11) is 3.30. The molecule has 8 heteroatoms. The number of ether oxygens (including phenoxy) is 2. The van der Waals surface area contributed by atoms with Crippen LogP contribution in [0.15, 0.2) is 71.0 Å². The third-order valence-electron chi connectivity index (χ3n) is 5.33. The van der Waals surface area contributed by atoms with Crippen molar-refractivity contribution < 1.29 is 14.3 Å². The van der Waals surface area contributed by atoms with Gasteiger partial charge in [0.15, 0.2) is 4.80 Å².